The van der Waals surface area contributed by atoms with E-state index in [1.165, 1.54) is 0 Å². The van der Waals surface area contributed by atoms with Crippen molar-refractivity contribution in [3.63, 3.8) is 0 Å². The van der Waals surface area contributed by atoms with Crippen LogP contribution in [0.2, 0.25) is 0 Å². The van der Waals surface area contributed by atoms with Crippen molar-refractivity contribution in [2.45, 2.75) is 38.8 Å². The van der Waals surface area contributed by atoms with Gasteiger partial charge >= 0.3 is 0 Å². The van der Waals surface area contributed by atoms with E-state index in [1.807, 2.05) is 0 Å². The zero-order valence-corrected chi connectivity index (χ0v) is 11.3. The molecule has 0 aromatic carbocycles. The number of hydrogen-bond acceptors (Lipinski definition) is 4. The first-order valence-corrected chi connectivity index (χ1v) is 6.33. The van der Waals surface area contributed by atoms with Gasteiger partial charge in [-0.2, -0.15) is 0 Å². The van der Waals surface area contributed by atoms with Gasteiger partial charge in [0.1, 0.15) is 0 Å². The second kappa shape index (κ2) is 5.80. The van der Waals surface area contributed by atoms with Gasteiger partial charge in [0.2, 0.25) is 5.91 Å². The van der Waals surface area contributed by atoms with Gasteiger partial charge in [-0.05, 0) is 27.2 Å². The molecule has 1 amide bonds. The Labute approximate surface area is 104 Å². The van der Waals surface area contributed by atoms with E-state index in [1.54, 1.807) is 0 Å². The molecule has 0 spiro atoms. The Kier molecular flexibility index (Phi) is 4.91. The number of hydrogen-bond donors (Lipinski definition) is 2. The van der Waals surface area contributed by atoms with E-state index >= 15 is 0 Å². The van der Waals surface area contributed by atoms with E-state index in [2.05, 4.69) is 30.6 Å². The number of primary amides is 1. The lowest BCUT2D eigenvalue weighted by atomic mass is 10.0. The van der Waals surface area contributed by atoms with Gasteiger partial charge in [0.05, 0.1) is 6.04 Å². The summed E-state index contributed by atoms with van der Waals surface area (Å²) in [5.41, 5.74) is 11.0. The number of nitrogens with zero attached hydrogens (tertiary/aromatic N) is 2. The Morgan fingerprint density at radius 3 is 2.18 bits per heavy atom. The Morgan fingerprint density at radius 2 is 1.76 bits per heavy atom. The molecule has 5 heteroatoms. The van der Waals surface area contributed by atoms with E-state index in [9.17, 15) is 4.79 Å². The normalized spacial score (nSPS) is 21.4. The molecule has 1 aliphatic rings. The molecule has 0 radical (unpaired) electrons. The smallest absolute Gasteiger partial charge is 0.234 e. The molecule has 0 aromatic rings. The van der Waals surface area contributed by atoms with Crippen LogP contribution < -0.4 is 11.5 Å². The highest BCUT2D eigenvalue weighted by atomic mass is 16.1. The maximum atomic E-state index is 10.8. The molecule has 1 heterocycles. The van der Waals surface area contributed by atoms with E-state index in [0.717, 1.165) is 32.7 Å². The minimum absolute atomic E-state index is 0.246. The van der Waals surface area contributed by atoms with Gasteiger partial charge in [-0.15, -0.1) is 0 Å². The topological polar surface area (TPSA) is 75.6 Å². The average Bonchev–Trinajstić information content (AvgIpc) is 2.25. The Bertz CT molecular complexity index is 254. The summed E-state index contributed by atoms with van der Waals surface area (Å²) < 4.78 is 0. The van der Waals surface area contributed by atoms with Crippen LogP contribution in [0.3, 0.4) is 0 Å². The molecule has 1 saturated heterocycles. The second-order valence-corrected chi connectivity index (χ2v) is 5.80. The predicted molar refractivity (Wildman–Crippen MR) is 69.6 cm³/mol. The monoisotopic (exact) mass is 242 g/mol. The molecule has 1 fully saturated rings. The van der Waals surface area contributed by atoms with E-state index in [-0.39, 0.29) is 5.54 Å². The number of carbonyl (C=O) groups is 1. The number of nitrogens with two attached hydrogens (primary N) is 2. The number of piperazine rings is 1. The van der Waals surface area contributed by atoms with Crippen LogP contribution in [0.25, 0.3) is 0 Å². The third-order valence-electron chi connectivity index (χ3n) is 3.44. The van der Waals surface area contributed by atoms with Gasteiger partial charge in [-0.25, -0.2) is 0 Å². The standard InChI is InChI=1S/C12H26N4O/c1-12(2,3)16-8-6-15(7-9-16)5-4-10(13)11(14)17/h10H,4-9,13H2,1-3H3,(H2,14,17). The summed E-state index contributed by atoms with van der Waals surface area (Å²) in [6, 6.07) is -0.504. The fourth-order valence-electron chi connectivity index (χ4n) is 2.11. The highest BCUT2D eigenvalue weighted by molar-refractivity contribution is 5.79. The Hall–Kier alpha value is -0.650. The summed E-state index contributed by atoms with van der Waals surface area (Å²) in [5.74, 6) is -0.404. The third-order valence-corrected chi connectivity index (χ3v) is 3.44. The molecular weight excluding hydrogens is 216 g/mol. The summed E-state index contributed by atoms with van der Waals surface area (Å²) in [7, 11) is 0. The highest BCUT2D eigenvalue weighted by Gasteiger charge is 2.25. The summed E-state index contributed by atoms with van der Waals surface area (Å²) in [6.07, 6.45) is 0.658. The molecular formula is C12H26N4O. The van der Waals surface area contributed by atoms with Crippen LogP contribution in [0.4, 0.5) is 0 Å². The molecule has 5 nitrogen and oxygen atoms in total. The van der Waals surface area contributed by atoms with Crippen LogP contribution in [0, 0.1) is 0 Å². The lowest BCUT2D eigenvalue weighted by molar-refractivity contribution is -0.119. The summed E-state index contributed by atoms with van der Waals surface area (Å²) in [4.78, 5) is 15.7. The molecule has 4 N–H and O–H groups in total. The van der Waals surface area contributed by atoms with E-state index < -0.39 is 11.9 Å². The minimum Gasteiger partial charge on any atom is -0.368 e. The van der Waals surface area contributed by atoms with Crippen molar-refractivity contribution in [1.29, 1.82) is 0 Å². The van der Waals surface area contributed by atoms with Gasteiger partial charge < -0.3 is 16.4 Å². The zero-order valence-electron chi connectivity index (χ0n) is 11.3. The summed E-state index contributed by atoms with van der Waals surface area (Å²) in [6.45, 7) is 11.8. The third kappa shape index (κ3) is 4.61. The highest BCUT2D eigenvalue weighted by Crippen LogP contribution is 2.15. The number of amides is 1. The quantitative estimate of drug-likeness (QED) is 0.704. The van der Waals surface area contributed by atoms with Gasteiger partial charge in [-0.1, -0.05) is 0 Å². The van der Waals surface area contributed by atoms with Gasteiger partial charge in [0.15, 0.2) is 0 Å². The van der Waals surface area contributed by atoms with Crippen LogP contribution in [-0.4, -0.2) is 60.0 Å². The molecule has 0 aromatic heterocycles. The second-order valence-electron chi connectivity index (χ2n) is 5.80. The zero-order chi connectivity index (χ0) is 13.1. The fourth-order valence-corrected chi connectivity index (χ4v) is 2.11. The van der Waals surface area contributed by atoms with Crippen LogP contribution in [0.1, 0.15) is 27.2 Å². The number of rotatable bonds is 4. The van der Waals surface area contributed by atoms with Crippen molar-refractivity contribution in [3.8, 4) is 0 Å². The summed E-state index contributed by atoms with van der Waals surface area (Å²) in [5, 5.41) is 0. The first-order valence-electron chi connectivity index (χ1n) is 6.33. The largest absolute Gasteiger partial charge is 0.368 e. The van der Waals surface area contributed by atoms with Crippen molar-refractivity contribution in [3.05, 3.63) is 0 Å². The maximum absolute atomic E-state index is 10.8. The maximum Gasteiger partial charge on any atom is 0.234 e. The van der Waals surface area contributed by atoms with Crippen molar-refractivity contribution in [1.82, 2.24) is 9.80 Å². The lowest BCUT2D eigenvalue weighted by Crippen LogP contribution is -2.54. The summed E-state index contributed by atoms with van der Waals surface area (Å²) >= 11 is 0. The molecule has 0 bridgehead atoms. The molecule has 0 saturated carbocycles. The Morgan fingerprint density at radius 1 is 1.24 bits per heavy atom. The van der Waals surface area contributed by atoms with Gasteiger partial charge in [0.25, 0.3) is 0 Å². The van der Waals surface area contributed by atoms with Crippen molar-refractivity contribution in [2.75, 3.05) is 32.7 Å². The van der Waals surface area contributed by atoms with Gasteiger partial charge in [-0.3, -0.25) is 9.69 Å². The van der Waals surface area contributed by atoms with Crippen LogP contribution in [0.15, 0.2) is 0 Å². The average molecular weight is 242 g/mol. The van der Waals surface area contributed by atoms with Crippen molar-refractivity contribution >= 4 is 5.91 Å². The minimum atomic E-state index is -0.504. The first kappa shape index (κ1) is 14.4. The van der Waals surface area contributed by atoms with Crippen LogP contribution in [-0.2, 0) is 4.79 Å². The van der Waals surface area contributed by atoms with Crippen molar-refractivity contribution in [2.24, 2.45) is 11.5 Å². The van der Waals surface area contributed by atoms with E-state index in [0.29, 0.717) is 6.42 Å². The lowest BCUT2D eigenvalue weighted by Gasteiger charge is -2.42. The molecule has 100 valence electrons. The molecule has 17 heavy (non-hydrogen) atoms. The first-order chi connectivity index (χ1) is 7.80. The molecule has 1 atom stereocenters. The van der Waals surface area contributed by atoms with Gasteiger partial charge in [0, 0.05) is 38.3 Å². The predicted octanol–water partition coefficient (Wildman–Crippen LogP) is -0.395. The van der Waals surface area contributed by atoms with Crippen LogP contribution in [0.5, 0.6) is 0 Å². The molecule has 1 rings (SSSR count). The van der Waals surface area contributed by atoms with Crippen molar-refractivity contribution < 1.29 is 4.79 Å². The molecule has 1 aliphatic heterocycles. The SMILES string of the molecule is CC(C)(C)N1CCN(CCC(N)C(N)=O)CC1. The Balaban J connectivity index is 2.26. The van der Waals surface area contributed by atoms with E-state index in [4.69, 9.17) is 11.5 Å². The molecule has 1 unspecified atom stereocenters. The molecule has 0 aliphatic carbocycles. The van der Waals surface area contributed by atoms with Crippen LogP contribution >= 0.6 is 0 Å². The number of carbonyl (C=O) groups excluding carboxylic acids is 1. The fraction of sp³-hybridized carbons (Fsp3) is 0.917.